The summed E-state index contributed by atoms with van der Waals surface area (Å²) < 4.78 is 32.9. The summed E-state index contributed by atoms with van der Waals surface area (Å²) >= 11 is 0. The summed E-state index contributed by atoms with van der Waals surface area (Å²) in [5.41, 5.74) is 0.632. The van der Waals surface area contributed by atoms with Crippen molar-refractivity contribution in [2.24, 2.45) is 5.92 Å². The van der Waals surface area contributed by atoms with Gasteiger partial charge in [0.05, 0.1) is 12.0 Å². The van der Waals surface area contributed by atoms with Gasteiger partial charge in [-0.3, -0.25) is 4.79 Å². The van der Waals surface area contributed by atoms with Gasteiger partial charge in [0.1, 0.15) is 5.75 Å². The van der Waals surface area contributed by atoms with E-state index in [0.29, 0.717) is 30.2 Å². The number of ether oxygens (including phenoxy) is 1. The first-order valence-electron chi connectivity index (χ1n) is 8.60. The fraction of sp³-hybridized carbons (Fsp3) is 0.588. The van der Waals surface area contributed by atoms with Crippen LogP contribution in [0.4, 0.5) is 0 Å². The molecule has 1 fully saturated rings. The van der Waals surface area contributed by atoms with Crippen molar-refractivity contribution in [3.63, 3.8) is 0 Å². The maximum atomic E-state index is 12.5. The molecule has 0 saturated carbocycles. The first-order valence-corrected chi connectivity index (χ1v) is 10.1. The van der Waals surface area contributed by atoms with Crippen molar-refractivity contribution in [1.82, 2.24) is 15.4 Å². The molecular weight excluding hydrogens is 378 g/mol. The van der Waals surface area contributed by atoms with Crippen LogP contribution in [0.1, 0.15) is 31.7 Å². The van der Waals surface area contributed by atoms with Crippen LogP contribution in [0.3, 0.4) is 0 Å². The van der Waals surface area contributed by atoms with Crippen molar-refractivity contribution in [2.45, 2.75) is 37.6 Å². The Kier molecular flexibility index (Phi) is 9.35. The number of benzene rings is 1. The minimum atomic E-state index is -3.58. The highest BCUT2D eigenvalue weighted by molar-refractivity contribution is 7.89. The Balaban J connectivity index is 0.00000338. The molecule has 0 aromatic heterocycles. The summed E-state index contributed by atoms with van der Waals surface area (Å²) in [5, 5.41) is 6.02. The molecule has 1 aromatic rings. The van der Waals surface area contributed by atoms with Crippen molar-refractivity contribution >= 4 is 28.3 Å². The third-order valence-electron chi connectivity index (χ3n) is 4.37. The number of carbonyl (C=O) groups excluding carboxylic acids is 1. The number of hydrogen-bond donors (Lipinski definition) is 3. The number of hydrogen-bond acceptors (Lipinski definition) is 5. The molecule has 1 heterocycles. The van der Waals surface area contributed by atoms with Crippen LogP contribution in [-0.4, -0.2) is 41.1 Å². The number of carbonyl (C=O) groups is 1. The Labute approximate surface area is 161 Å². The van der Waals surface area contributed by atoms with Gasteiger partial charge in [0.25, 0.3) is 0 Å². The van der Waals surface area contributed by atoms with E-state index in [-0.39, 0.29) is 29.8 Å². The minimum absolute atomic E-state index is 0. The lowest BCUT2D eigenvalue weighted by Crippen LogP contribution is -2.27. The van der Waals surface area contributed by atoms with Gasteiger partial charge in [0, 0.05) is 25.1 Å². The van der Waals surface area contributed by atoms with E-state index < -0.39 is 10.0 Å². The van der Waals surface area contributed by atoms with Gasteiger partial charge < -0.3 is 15.4 Å². The molecule has 7 nitrogen and oxygen atoms in total. The number of methoxy groups -OCH3 is 1. The molecular formula is C17H28ClN3O4S. The van der Waals surface area contributed by atoms with E-state index in [1.165, 1.54) is 13.2 Å². The Morgan fingerprint density at radius 1 is 1.38 bits per heavy atom. The molecule has 1 saturated heterocycles. The van der Waals surface area contributed by atoms with Gasteiger partial charge in [-0.25, -0.2) is 13.1 Å². The van der Waals surface area contributed by atoms with E-state index in [9.17, 15) is 13.2 Å². The zero-order valence-electron chi connectivity index (χ0n) is 15.2. The maximum absolute atomic E-state index is 12.5. The van der Waals surface area contributed by atoms with Gasteiger partial charge in [-0.05, 0) is 50.0 Å². The minimum Gasteiger partial charge on any atom is -0.496 e. The number of nitrogens with one attached hydrogen (secondary N) is 3. The van der Waals surface area contributed by atoms with E-state index in [1.54, 1.807) is 19.1 Å². The molecule has 0 spiro atoms. The molecule has 1 aromatic carbocycles. The lowest BCUT2D eigenvalue weighted by Gasteiger charge is -2.13. The van der Waals surface area contributed by atoms with Crippen molar-refractivity contribution in [2.75, 3.05) is 26.7 Å². The molecule has 0 radical (unpaired) electrons. The van der Waals surface area contributed by atoms with Gasteiger partial charge in [0.2, 0.25) is 15.9 Å². The molecule has 2 rings (SSSR count). The third-order valence-corrected chi connectivity index (χ3v) is 5.83. The average molecular weight is 406 g/mol. The monoisotopic (exact) mass is 405 g/mol. The van der Waals surface area contributed by atoms with Crippen LogP contribution in [0.5, 0.6) is 5.75 Å². The maximum Gasteiger partial charge on any atom is 0.240 e. The van der Waals surface area contributed by atoms with Crippen LogP contribution in [0.15, 0.2) is 23.1 Å². The summed E-state index contributed by atoms with van der Waals surface area (Å²) in [6.07, 6.45) is 2.28. The van der Waals surface area contributed by atoms with E-state index in [4.69, 9.17) is 4.74 Å². The predicted molar refractivity (Wildman–Crippen MR) is 103 cm³/mol. The van der Waals surface area contributed by atoms with E-state index >= 15 is 0 Å². The normalized spacial score (nSPS) is 16.8. The van der Waals surface area contributed by atoms with Gasteiger partial charge >= 0.3 is 0 Å². The second-order valence-electron chi connectivity index (χ2n) is 6.15. The molecule has 9 heteroatoms. The van der Waals surface area contributed by atoms with E-state index in [2.05, 4.69) is 15.4 Å². The number of sulfonamides is 1. The van der Waals surface area contributed by atoms with Crippen molar-refractivity contribution in [3.8, 4) is 5.75 Å². The fourth-order valence-electron chi connectivity index (χ4n) is 2.82. The van der Waals surface area contributed by atoms with Crippen molar-refractivity contribution < 1.29 is 17.9 Å². The van der Waals surface area contributed by atoms with E-state index in [0.717, 1.165) is 25.9 Å². The van der Waals surface area contributed by atoms with Crippen LogP contribution >= 0.6 is 12.4 Å². The molecule has 1 atom stereocenters. The van der Waals surface area contributed by atoms with Crippen LogP contribution < -0.4 is 20.1 Å². The predicted octanol–water partition coefficient (Wildman–Crippen LogP) is 1.42. The number of rotatable bonds is 9. The molecule has 26 heavy (non-hydrogen) atoms. The highest BCUT2D eigenvalue weighted by atomic mass is 35.5. The Hall–Kier alpha value is -1.35. The summed E-state index contributed by atoms with van der Waals surface area (Å²) in [6.45, 7) is 4.36. The SMILES string of the molecule is CCC(=O)NCc1cc(S(=O)(=O)NCCC2CCNC2)ccc1OC.Cl. The van der Waals surface area contributed by atoms with E-state index in [1.807, 2.05) is 0 Å². The average Bonchev–Trinajstić information content (AvgIpc) is 3.12. The highest BCUT2D eigenvalue weighted by Gasteiger charge is 2.19. The van der Waals surface area contributed by atoms with Gasteiger partial charge in [-0.1, -0.05) is 6.92 Å². The Morgan fingerprint density at radius 3 is 2.77 bits per heavy atom. The first-order chi connectivity index (χ1) is 12.0. The standard InChI is InChI=1S/C17H27N3O4S.ClH/c1-3-17(21)19-12-14-10-15(4-5-16(14)24-2)25(22,23)20-9-7-13-6-8-18-11-13;/h4-5,10,13,18,20H,3,6-9,11-12H2,1-2H3,(H,19,21);1H. The van der Waals surface area contributed by atoms with Crippen LogP contribution in [0.25, 0.3) is 0 Å². The smallest absolute Gasteiger partial charge is 0.240 e. The molecule has 1 aliphatic rings. The molecule has 1 amide bonds. The second kappa shape index (κ2) is 10.7. The first kappa shape index (κ1) is 22.7. The molecule has 0 aliphatic carbocycles. The van der Waals surface area contributed by atoms with Gasteiger partial charge in [-0.2, -0.15) is 0 Å². The summed E-state index contributed by atoms with van der Waals surface area (Å²) in [4.78, 5) is 11.6. The van der Waals surface area contributed by atoms with Crippen LogP contribution in [0.2, 0.25) is 0 Å². The molecule has 1 unspecified atom stereocenters. The summed E-state index contributed by atoms with van der Waals surface area (Å²) in [7, 11) is -2.07. The lowest BCUT2D eigenvalue weighted by atomic mass is 10.1. The zero-order chi connectivity index (χ0) is 18.3. The topological polar surface area (TPSA) is 96.5 Å². The van der Waals surface area contributed by atoms with Crippen molar-refractivity contribution in [1.29, 1.82) is 0 Å². The Bertz CT molecular complexity index is 691. The van der Waals surface area contributed by atoms with Crippen molar-refractivity contribution in [3.05, 3.63) is 23.8 Å². The molecule has 0 bridgehead atoms. The second-order valence-corrected chi connectivity index (χ2v) is 7.92. The lowest BCUT2D eigenvalue weighted by molar-refractivity contribution is -0.120. The fourth-order valence-corrected chi connectivity index (χ4v) is 3.92. The number of amides is 1. The van der Waals surface area contributed by atoms with Gasteiger partial charge in [-0.15, -0.1) is 12.4 Å². The molecule has 148 valence electrons. The zero-order valence-corrected chi connectivity index (χ0v) is 16.8. The summed E-state index contributed by atoms with van der Waals surface area (Å²) in [5.74, 6) is 0.976. The quantitative estimate of drug-likeness (QED) is 0.577. The third kappa shape index (κ3) is 6.42. The van der Waals surface area contributed by atoms with Crippen LogP contribution in [0, 0.1) is 5.92 Å². The Morgan fingerprint density at radius 2 is 2.15 bits per heavy atom. The highest BCUT2D eigenvalue weighted by Crippen LogP contribution is 2.22. The number of halogens is 1. The molecule has 3 N–H and O–H groups in total. The van der Waals surface area contributed by atoms with Crippen LogP contribution in [-0.2, 0) is 21.4 Å². The molecule has 1 aliphatic heterocycles. The summed E-state index contributed by atoms with van der Waals surface area (Å²) in [6, 6.07) is 4.68. The largest absolute Gasteiger partial charge is 0.496 e. The van der Waals surface area contributed by atoms with Gasteiger partial charge in [0.15, 0.2) is 0 Å².